The molecule has 0 aromatic heterocycles. The molecule has 11 atom stereocenters. The number of carbonyl (C=O) groups excluding carboxylic acids is 1. The Labute approximate surface area is 208 Å². The summed E-state index contributed by atoms with van der Waals surface area (Å²) in [4.78, 5) is 12.9. The number of Topliss-reactive ketones (excluding diaryl/α,β-unsaturated/α-hetero) is 1. The normalized spacial score (nSPS) is 56.4. The first-order valence-corrected chi connectivity index (χ1v) is 14.6. The van der Waals surface area contributed by atoms with E-state index in [0.29, 0.717) is 51.3 Å². The van der Waals surface area contributed by atoms with Crippen LogP contribution in [0.2, 0.25) is 0 Å². The van der Waals surface area contributed by atoms with Crippen LogP contribution in [0.5, 0.6) is 0 Å². The van der Waals surface area contributed by atoms with E-state index in [1.54, 1.807) is 0 Å². The van der Waals surface area contributed by atoms with E-state index in [4.69, 9.17) is 4.74 Å². The van der Waals surface area contributed by atoms with Gasteiger partial charge in [-0.15, -0.1) is 0 Å². The maximum Gasteiger partial charge on any atom is 0.138 e. The van der Waals surface area contributed by atoms with Crippen LogP contribution in [0.3, 0.4) is 0 Å². The first-order chi connectivity index (χ1) is 15.6. The van der Waals surface area contributed by atoms with Gasteiger partial charge in [-0.25, -0.2) is 0 Å². The maximum absolute atomic E-state index is 12.9. The molecule has 3 unspecified atom stereocenters. The van der Waals surface area contributed by atoms with Crippen molar-refractivity contribution < 1.29 is 14.6 Å². The van der Waals surface area contributed by atoms with Crippen molar-refractivity contribution in [3.8, 4) is 0 Å². The molecular formula is C31H50O3. The number of ketones is 1. The fourth-order valence-corrected chi connectivity index (χ4v) is 11.9. The zero-order chi connectivity index (χ0) is 24.7. The second-order valence-electron chi connectivity index (χ2n) is 15.7. The van der Waals surface area contributed by atoms with E-state index in [2.05, 4.69) is 41.5 Å². The van der Waals surface area contributed by atoms with Gasteiger partial charge in [0, 0.05) is 17.8 Å². The highest BCUT2D eigenvalue weighted by molar-refractivity contribution is 5.86. The molecule has 5 saturated carbocycles. The maximum atomic E-state index is 12.9. The van der Waals surface area contributed by atoms with Crippen molar-refractivity contribution >= 4 is 5.78 Å². The Kier molecular flexibility index (Phi) is 4.73. The van der Waals surface area contributed by atoms with Gasteiger partial charge < -0.3 is 9.84 Å². The molecule has 6 fully saturated rings. The lowest BCUT2D eigenvalue weighted by atomic mass is 9.42. The summed E-state index contributed by atoms with van der Waals surface area (Å²) < 4.78 is 6.97. The minimum atomic E-state index is -0.704. The topological polar surface area (TPSA) is 46.5 Å². The number of rotatable bonds is 2. The molecule has 34 heavy (non-hydrogen) atoms. The molecule has 6 aliphatic rings. The summed E-state index contributed by atoms with van der Waals surface area (Å²) in [7, 11) is 0. The van der Waals surface area contributed by atoms with E-state index in [1.165, 1.54) is 38.5 Å². The zero-order valence-corrected chi connectivity index (χ0v) is 23.2. The lowest BCUT2D eigenvalue weighted by molar-refractivity contribution is -0.171. The van der Waals surface area contributed by atoms with Gasteiger partial charge in [-0.3, -0.25) is 4.79 Å². The molecule has 0 aromatic rings. The van der Waals surface area contributed by atoms with Gasteiger partial charge in [-0.1, -0.05) is 41.5 Å². The van der Waals surface area contributed by atoms with Crippen molar-refractivity contribution in [1.82, 2.24) is 0 Å². The van der Waals surface area contributed by atoms with E-state index >= 15 is 0 Å². The largest absolute Gasteiger partial charge is 0.390 e. The van der Waals surface area contributed by atoms with Crippen LogP contribution in [0.15, 0.2) is 0 Å². The SMILES string of the molecule is CC1CC(C(C)C(C)(C)O)O[C@H]2C[C@@]3(C)[C@@H]4CC[C@H]5C(C)(C)C(=O)CC[C@@]56C[C@@]46CC[C@]3(C)[C@@H]12. The van der Waals surface area contributed by atoms with Crippen LogP contribution in [0.4, 0.5) is 0 Å². The molecule has 0 radical (unpaired) electrons. The molecule has 192 valence electrons. The van der Waals surface area contributed by atoms with Crippen molar-refractivity contribution in [1.29, 1.82) is 0 Å². The lowest BCUT2D eigenvalue weighted by Gasteiger charge is -2.62. The number of fused-ring (bicyclic) bond motifs is 4. The summed E-state index contributed by atoms with van der Waals surface area (Å²) in [5.41, 5.74) is 0.753. The highest BCUT2D eigenvalue weighted by atomic mass is 16.5. The van der Waals surface area contributed by atoms with Crippen LogP contribution in [0.25, 0.3) is 0 Å². The summed E-state index contributed by atoms with van der Waals surface area (Å²) in [6.07, 6.45) is 11.4. The molecule has 0 amide bonds. The average molecular weight is 471 g/mol. The van der Waals surface area contributed by atoms with Gasteiger partial charge in [0.05, 0.1) is 17.8 Å². The van der Waals surface area contributed by atoms with Crippen LogP contribution in [-0.2, 0) is 9.53 Å². The Hall–Kier alpha value is -0.410. The number of hydrogen-bond acceptors (Lipinski definition) is 3. The van der Waals surface area contributed by atoms with Crippen molar-refractivity contribution in [2.45, 2.75) is 131 Å². The first-order valence-electron chi connectivity index (χ1n) is 14.6. The molecule has 1 saturated heterocycles. The summed E-state index contributed by atoms with van der Waals surface area (Å²) in [6.45, 7) is 18.4. The average Bonchev–Trinajstić information content (AvgIpc) is 3.33. The third-order valence-electron chi connectivity index (χ3n) is 14.1. The smallest absolute Gasteiger partial charge is 0.138 e. The van der Waals surface area contributed by atoms with Gasteiger partial charge in [-0.05, 0) is 111 Å². The Balaban J connectivity index is 1.33. The Morgan fingerprint density at radius 3 is 2.32 bits per heavy atom. The van der Waals surface area contributed by atoms with Crippen molar-refractivity contribution in [2.24, 2.45) is 56.7 Å². The third-order valence-corrected chi connectivity index (χ3v) is 14.1. The molecule has 3 heteroatoms. The second kappa shape index (κ2) is 6.72. The van der Waals surface area contributed by atoms with E-state index < -0.39 is 5.60 Å². The highest BCUT2D eigenvalue weighted by Gasteiger charge is 2.83. The molecule has 6 rings (SSSR count). The Morgan fingerprint density at radius 1 is 1.00 bits per heavy atom. The van der Waals surface area contributed by atoms with Crippen LogP contribution >= 0.6 is 0 Å². The lowest BCUT2D eigenvalue weighted by Crippen LogP contribution is -2.57. The molecule has 1 N–H and O–H groups in total. The van der Waals surface area contributed by atoms with Crippen LogP contribution < -0.4 is 0 Å². The van der Waals surface area contributed by atoms with Crippen LogP contribution in [-0.4, -0.2) is 28.7 Å². The minimum absolute atomic E-state index is 0.129. The monoisotopic (exact) mass is 470 g/mol. The highest BCUT2D eigenvalue weighted by Crippen LogP contribution is 2.89. The number of hydrogen-bond donors (Lipinski definition) is 1. The molecule has 2 spiro atoms. The zero-order valence-electron chi connectivity index (χ0n) is 23.2. The fourth-order valence-electron chi connectivity index (χ4n) is 11.9. The quantitative estimate of drug-likeness (QED) is 0.482. The molecule has 0 aromatic carbocycles. The van der Waals surface area contributed by atoms with Gasteiger partial charge >= 0.3 is 0 Å². The second-order valence-corrected chi connectivity index (χ2v) is 15.7. The molecular weight excluding hydrogens is 420 g/mol. The molecule has 0 bridgehead atoms. The van der Waals surface area contributed by atoms with E-state index in [1.807, 2.05) is 13.8 Å². The first kappa shape index (κ1) is 24.0. The molecule has 1 aliphatic heterocycles. The summed E-state index contributed by atoms with van der Waals surface area (Å²) in [5, 5.41) is 10.7. The molecule has 5 aliphatic carbocycles. The minimum Gasteiger partial charge on any atom is -0.390 e. The van der Waals surface area contributed by atoms with Gasteiger partial charge in [0.2, 0.25) is 0 Å². The predicted octanol–water partition coefficient (Wildman–Crippen LogP) is 6.81. The van der Waals surface area contributed by atoms with Gasteiger partial charge in [0.15, 0.2) is 0 Å². The standard InChI is InChI=1S/C31H50O3/c1-18-15-20(19(2)27(5,6)33)34-21-16-29(8)23-10-9-22-26(3,4)24(32)11-12-30(22)17-31(23,30)14-13-28(29,7)25(18)21/h18-23,25,33H,9-17H2,1-8H3/t18?,19?,20?,21-,22-,23-,25-,28+,29-,30+,31-/m0/s1. The number of ether oxygens (including phenoxy) is 1. The van der Waals surface area contributed by atoms with Crippen molar-refractivity contribution in [3.05, 3.63) is 0 Å². The number of aliphatic hydroxyl groups is 1. The van der Waals surface area contributed by atoms with Gasteiger partial charge in [0.1, 0.15) is 5.78 Å². The van der Waals surface area contributed by atoms with Gasteiger partial charge in [-0.2, -0.15) is 0 Å². The fraction of sp³-hybridized carbons (Fsp3) is 0.968. The van der Waals surface area contributed by atoms with Crippen molar-refractivity contribution in [3.63, 3.8) is 0 Å². The van der Waals surface area contributed by atoms with Crippen molar-refractivity contribution in [2.75, 3.05) is 0 Å². The van der Waals surface area contributed by atoms with E-state index in [0.717, 1.165) is 25.2 Å². The summed E-state index contributed by atoms with van der Waals surface area (Å²) in [5.74, 6) is 3.33. The van der Waals surface area contributed by atoms with Crippen LogP contribution in [0, 0.1) is 56.7 Å². The van der Waals surface area contributed by atoms with E-state index in [-0.39, 0.29) is 17.4 Å². The van der Waals surface area contributed by atoms with Gasteiger partial charge in [0.25, 0.3) is 0 Å². The number of carbonyl (C=O) groups is 1. The Bertz CT molecular complexity index is 901. The third kappa shape index (κ3) is 2.60. The molecule has 1 heterocycles. The summed E-state index contributed by atoms with van der Waals surface area (Å²) in [6, 6.07) is 0. The van der Waals surface area contributed by atoms with Crippen LogP contribution in [0.1, 0.15) is 113 Å². The molecule has 3 nitrogen and oxygen atoms in total. The van der Waals surface area contributed by atoms with E-state index in [9.17, 15) is 9.90 Å². The summed E-state index contributed by atoms with van der Waals surface area (Å²) >= 11 is 0. The predicted molar refractivity (Wildman–Crippen MR) is 135 cm³/mol. The Morgan fingerprint density at radius 2 is 1.65 bits per heavy atom.